The molecule has 3 N–H and O–H groups in total. The molecule has 0 spiro atoms. The minimum absolute atomic E-state index is 0.290. The van der Waals surface area contributed by atoms with E-state index in [9.17, 15) is 19.5 Å². The summed E-state index contributed by atoms with van der Waals surface area (Å²) in [6.07, 6.45) is 2.64. The van der Waals surface area contributed by atoms with E-state index >= 15 is 0 Å². The molecule has 2 amide bonds. The Kier molecular flexibility index (Phi) is 6.31. The van der Waals surface area contributed by atoms with Crippen molar-refractivity contribution in [2.45, 2.75) is 25.7 Å². The van der Waals surface area contributed by atoms with Gasteiger partial charge in [0.15, 0.2) is 0 Å². The highest BCUT2D eigenvalue weighted by molar-refractivity contribution is 6.31. The number of para-hydroxylation sites is 1. The normalized spacial score (nSPS) is 18.9. The molecule has 3 rings (SSSR count). The number of halogens is 1. The van der Waals surface area contributed by atoms with Crippen molar-refractivity contribution in [3.05, 3.63) is 59.1 Å². The minimum atomic E-state index is -0.952. The Morgan fingerprint density at radius 3 is 2.36 bits per heavy atom. The van der Waals surface area contributed by atoms with Gasteiger partial charge >= 0.3 is 5.97 Å². The minimum Gasteiger partial charge on any atom is -0.481 e. The Morgan fingerprint density at radius 2 is 1.64 bits per heavy atom. The molecule has 0 saturated heterocycles. The predicted molar refractivity (Wildman–Crippen MR) is 108 cm³/mol. The second kappa shape index (κ2) is 8.89. The number of anilines is 2. The number of hydrogen-bond donors (Lipinski definition) is 3. The van der Waals surface area contributed by atoms with Gasteiger partial charge in [-0.25, -0.2) is 0 Å². The molecule has 0 radical (unpaired) electrons. The standard InChI is InChI=1S/C21H21ClN2O4/c22-13-6-5-7-14(12-13)23-20(26)17-10-3-4-11-18(17)24-19(25)15-8-1-2-9-16(15)21(27)28/h3-7,10-12,15-16H,1-2,8-9H2,(H,23,26)(H,24,25)(H,27,28)/t15-,16-/m1/s1. The van der Waals surface area contributed by atoms with Crippen LogP contribution < -0.4 is 10.6 Å². The van der Waals surface area contributed by atoms with E-state index in [2.05, 4.69) is 10.6 Å². The number of carboxylic acid groups (broad SMARTS) is 1. The number of carbonyl (C=O) groups is 3. The van der Waals surface area contributed by atoms with Crippen LogP contribution in [0.25, 0.3) is 0 Å². The third-order valence-electron chi connectivity index (χ3n) is 4.93. The number of benzene rings is 2. The lowest BCUT2D eigenvalue weighted by atomic mass is 9.78. The molecule has 0 unspecified atom stereocenters. The SMILES string of the molecule is O=C(Nc1cccc(Cl)c1)c1ccccc1NC(=O)[C@@H]1CCCC[C@H]1C(=O)O. The fraction of sp³-hybridized carbons (Fsp3) is 0.286. The maximum atomic E-state index is 12.7. The number of nitrogens with one attached hydrogen (secondary N) is 2. The molecule has 6 nitrogen and oxygen atoms in total. The Bertz CT molecular complexity index is 899. The average molecular weight is 401 g/mol. The molecule has 2 aromatic carbocycles. The molecular weight excluding hydrogens is 380 g/mol. The molecule has 1 aliphatic carbocycles. The number of aliphatic carboxylic acids is 1. The van der Waals surface area contributed by atoms with Crippen LogP contribution >= 0.6 is 11.6 Å². The van der Waals surface area contributed by atoms with Crippen molar-refractivity contribution in [2.24, 2.45) is 11.8 Å². The summed E-state index contributed by atoms with van der Waals surface area (Å²) in [4.78, 5) is 36.9. The van der Waals surface area contributed by atoms with Gasteiger partial charge in [0.2, 0.25) is 5.91 Å². The summed E-state index contributed by atoms with van der Waals surface area (Å²) >= 11 is 5.94. The van der Waals surface area contributed by atoms with Gasteiger partial charge in [-0.05, 0) is 43.2 Å². The van der Waals surface area contributed by atoms with E-state index in [0.717, 1.165) is 12.8 Å². The molecule has 1 saturated carbocycles. The lowest BCUT2D eigenvalue weighted by Gasteiger charge is -2.27. The van der Waals surface area contributed by atoms with E-state index < -0.39 is 23.7 Å². The first-order valence-electron chi connectivity index (χ1n) is 9.15. The van der Waals surface area contributed by atoms with Crippen LogP contribution in [0.1, 0.15) is 36.0 Å². The Morgan fingerprint density at radius 1 is 0.929 bits per heavy atom. The summed E-state index contributed by atoms with van der Waals surface area (Å²) in [6, 6.07) is 13.4. The predicted octanol–water partition coefficient (Wildman–Crippen LogP) is 4.42. The fourth-order valence-electron chi connectivity index (χ4n) is 3.52. The lowest BCUT2D eigenvalue weighted by Crippen LogP contribution is -2.36. The molecule has 0 bridgehead atoms. The summed E-state index contributed by atoms with van der Waals surface area (Å²) in [5, 5.41) is 15.4. The second-order valence-corrected chi connectivity index (χ2v) is 7.27. The van der Waals surface area contributed by atoms with Gasteiger partial charge in [-0.2, -0.15) is 0 Å². The molecule has 1 fully saturated rings. The van der Waals surface area contributed by atoms with Crippen molar-refractivity contribution >= 4 is 40.8 Å². The first-order chi connectivity index (χ1) is 13.5. The summed E-state index contributed by atoms with van der Waals surface area (Å²) in [5.41, 5.74) is 1.18. The van der Waals surface area contributed by atoms with Crippen LogP contribution in [0.2, 0.25) is 5.02 Å². The maximum Gasteiger partial charge on any atom is 0.307 e. The van der Waals surface area contributed by atoms with Gasteiger partial charge in [0, 0.05) is 10.7 Å². The third-order valence-corrected chi connectivity index (χ3v) is 5.17. The van der Waals surface area contributed by atoms with Crippen LogP contribution in [-0.4, -0.2) is 22.9 Å². The van der Waals surface area contributed by atoms with Crippen LogP contribution in [0.3, 0.4) is 0 Å². The zero-order valence-electron chi connectivity index (χ0n) is 15.2. The van der Waals surface area contributed by atoms with Gasteiger partial charge in [-0.15, -0.1) is 0 Å². The van der Waals surface area contributed by atoms with Gasteiger partial charge < -0.3 is 15.7 Å². The monoisotopic (exact) mass is 400 g/mol. The van der Waals surface area contributed by atoms with Crippen molar-refractivity contribution in [1.82, 2.24) is 0 Å². The van der Waals surface area contributed by atoms with Crippen LogP contribution in [-0.2, 0) is 9.59 Å². The average Bonchev–Trinajstić information content (AvgIpc) is 2.68. The number of hydrogen-bond acceptors (Lipinski definition) is 3. The third kappa shape index (κ3) is 4.70. The van der Waals surface area contributed by atoms with Gasteiger partial charge in [0.1, 0.15) is 0 Å². The smallest absolute Gasteiger partial charge is 0.307 e. The molecule has 1 aliphatic rings. The quantitative estimate of drug-likeness (QED) is 0.692. The molecular formula is C21H21ClN2O4. The van der Waals surface area contributed by atoms with Crippen LogP contribution in [0.5, 0.6) is 0 Å². The maximum absolute atomic E-state index is 12.7. The van der Waals surface area contributed by atoms with E-state index in [0.29, 0.717) is 34.8 Å². The fourth-order valence-corrected chi connectivity index (χ4v) is 3.71. The first kappa shape index (κ1) is 19.9. The molecule has 28 heavy (non-hydrogen) atoms. The second-order valence-electron chi connectivity index (χ2n) is 6.83. The van der Waals surface area contributed by atoms with Crippen molar-refractivity contribution < 1.29 is 19.5 Å². The van der Waals surface area contributed by atoms with E-state index in [-0.39, 0.29) is 5.91 Å². The van der Waals surface area contributed by atoms with E-state index in [4.69, 9.17) is 11.6 Å². The van der Waals surface area contributed by atoms with Gasteiger partial charge in [-0.3, -0.25) is 14.4 Å². The largest absolute Gasteiger partial charge is 0.481 e. The van der Waals surface area contributed by atoms with E-state index in [1.54, 1.807) is 48.5 Å². The molecule has 7 heteroatoms. The number of amides is 2. The van der Waals surface area contributed by atoms with Crippen LogP contribution in [0.15, 0.2) is 48.5 Å². The zero-order valence-corrected chi connectivity index (χ0v) is 15.9. The summed E-state index contributed by atoms with van der Waals surface area (Å²) in [7, 11) is 0. The van der Waals surface area contributed by atoms with E-state index in [1.165, 1.54) is 0 Å². The lowest BCUT2D eigenvalue weighted by molar-refractivity contribution is -0.147. The van der Waals surface area contributed by atoms with Crippen molar-refractivity contribution in [3.63, 3.8) is 0 Å². The summed E-state index contributed by atoms with van der Waals surface area (Å²) in [6.45, 7) is 0. The Balaban J connectivity index is 1.77. The molecule has 0 aromatic heterocycles. The summed E-state index contributed by atoms with van der Waals surface area (Å²) < 4.78 is 0. The number of carbonyl (C=O) groups excluding carboxylic acids is 2. The Labute approximate surface area is 167 Å². The van der Waals surface area contributed by atoms with Crippen molar-refractivity contribution in [3.8, 4) is 0 Å². The van der Waals surface area contributed by atoms with Gasteiger partial charge in [0.25, 0.3) is 5.91 Å². The van der Waals surface area contributed by atoms with Crippen molar-refractivity contribution in [2.75, 3.05) is 10.6 Å². The highest BCUT2D eigenvalue weighted by atomic mass is 35.5. The van der Waals surface area contributed by atoms with Crippen LogP contribution in [0, 0.1) is 11.8 Å². The number of rotatable bonds is 5. The highest BCUT2D eigenvalue weighted by Gasteiger charge is 2.36. The van der Waals surface area contributed by atoms with Gasteiger partial charge in [0.05, 0.1) is 23.1 Å². The van der Waals surface area contributed by atoms with Crippen LogP contribution in [0.4, 0.5) is 11.4 Å². The zero-order chi connectivity index (χ0) is 20.1. The van der Waals surface area contributed by atoms with Crippen molar-refractivity contribution in [1.29, 1.82) is 0 Å². The molecule has 0 heterocycles. The summed E-state index contributed by atoms with van der Waals surface area (Å²) in [5.74, 6) is -3.00. The van der Waals surface area contributed by atoms with Gasteiger partial charge in [-0.1, -0.05) is 42.6 Å². The van der Waals surface area contributed by atoms with E-state index in [1.807, 2.05) is 0 Å². The number of carboxylic acids is 1. The molecule has 0 aliphatic heterocycles. The topological polar surface area (TPSA) is 95.5 Å². The Hall–Kier alpha value is -2.86. The molecule has 2 aromatic rings. The molecule has 2 atom stereocenters. The molecule has 146 valence electrons. The highest BCUT2D eigenvalue weighted by Crippen LogP contribution is 2.31. The first-order valence-corrected chi connectivity index (χ1v) is 9.53.